The van der Waals surface area contributed by atoms with Crippen molar-refractivity contribution in [3.05, 3.63) is 57.0 Å². The molecule has 0 fully saturated rings. The molecule has 102 valence electrons. The van der Waals surface area contributed by atoms with E-state index < -0.39 is 0 Å². The van der Waals surface area contributed by atoms with E-state index in [1.54, 1.807) is 17.4 Å². The van der Waals surface area contributed by atoms with Gasteiger partial charge in [-0.15, -0.1) is 0 Å². The summed E-state index contributed by atoms with van der Waals surface area (Å²) in [7, 11) is 1.95. The van der Waals surface area contributed by atoms with Crippen LogP contribution < -0.4 is 5.32 Å². The Kier molecular flexibility index (Phi) is 5.37. The lowest BCUT2D eigenvalue weighted by Gasteiger charge is -2.16. The molecule has 0 aliphatic rings. The molecule has 2 rings (SSSR count). The van der Waals surface area contributed by atoms with Gasteiger partial charge in [-0.25, -0.2) is 4.39 Å². The molecule has 0 saturated carbocycles. The molecule has 0 radical (unpaired) electrons. The largest absolute Gasteiger partial charge is 0.317 e. The van der Waals surface area contributed by atoms with Crippen LogP contribution >= 0.6 is 22.9 Å². The number of likely N-dealkylation sites (N-methyl/N-ethyl adjacent to an activating group) is 1. The van der Waals surface area contributed by atoms with Crippen LogP contribution in [0.4, 0.5) is 4.39 Å². The fraction of sp³-hybridized carbons (Fsp3) is 0.333. The average molecular weight is 298 g/mol. The SMILES string of the molecule is CNC(CCc1ccsc1)Cc1ccc(F)cc1Cl. The fourth-order valence-corrected chi connectivity index (χ4v) is 3.02. The van der Waals surface area contributed by atoms with E-state index in [2.05, 4.69) is 22.1 Å². The molecule has 0 saturated heterocycles. The third-order valence-electron chi connectivity index (χ3n) is 3.25. The number of thiophene rings is 1. The van der Waals surface area contributed by atoms with Crippen molar-refractivity contribution >= 4 is 22.9 Å². The van der Waals surface area contributed by atoms with Gasteiger partial charge in [-0.1, -0.05) is 17.7 Å². The molecule has 0 amide bonds. The third-order valence-corrected chi connectivity index (χ3v) is 4.34. The first kappa shape index (κ1) is 14.5. The van der Waals surface area contributed by atoms with Crippen molar-refractivity contribution in [3.8, 4) is 0 Å². The van der Waals surface area contributed by atoms with E-state index in [9.17, 15) is 4.39 Å². The van der Waals surface area contributed by atoms with E-state index in [1.165, 1.54) is 17.7 Å². The molecule has 1 aromatic heterocycles. The monoisotopic (exact) mass is 297 g/mol. The van der Waals surface area contributed by atoms with Gasteiger partial charge < -0.3 is 5.32 Å². The Hall–Kier alpha value is -0.900. The lowest BCUT2D eigenvalue weighted by atomic mass is 10.00. The maximum Gasteiger partial charge on any atom is 0.124 e. The van der Waals surface area contributed by atoms with Gasteiger partial charge in [-0.3, -0.25) is 0 Å². The maximum absolute atomic E-state index is 13.0. The predicted octanol–water partition coefficient (Wildman–Crippen LogP) is 4.30. The molecule has 0 bridgehead atoms. The maximum atomic E-state index is 13.0. The molecule has 2 aromatic rings. The summed E-state index contributed by atoms with van der Waals surface area (Å²) in [6.07, 6.45) is 2.91. The summed E-state index contributed by atoms with van der Waals surface area (Å²) < 4.78 is 13.0. The van der Waals surface area contributed by atoms with Gasteiger partial charge in [0.15, 0.2) is 0 Å². The number of halogens is 2. The molecular weight excluding hydrogens is 281 g/mol. The van der Waals surface area contributed by atoms with Crippen molar-refractivity contribution in [3.63, 3.8) is 0 Å². The fourth-order valence-electron chi connectivity index (χ4n) is 2.08. The van der Waals surface area contributed by atoms with Crippen molar-refractivity contribution in [2.45, 2.75) is 25.3 Å². The summed E-state index contributed by atoms with van der Waals surface area (Å²) in [5.74, 6) is -0.284. The number of hydrogen-bond acceptors (Lipinski definition) is 2. The van der Waals surface area contributed by atoms with Crippen LogP contribution in [0, 0.1) is 5.82 Å². The molecule has 4 heteroatoms. The van der Waals surface area contributed by atoms with Gasteiger partial charge in [-0.05, 0) is 66.4 Å². The van der Waals surface area contributed by atoms with Crippen molar-refractivity contribution < 1.29 is 4.39 Å². The highest BCUT2D eigenvalue weighted by Crippen LogP contribution is 2.20. The summed E-state index contributed by atoms with van der Waals surface area (Å²) in [6, 6.07) is 7.12. The highest BCUT2D eigenvalue weighted by Gasteiger charge is 2.10. The molecule has 1 atom stereocenters. The molecule has 1 unspecified atom stereocenters. The van der Waals surface area contributed by atoms with Gasteiger partial charge in [0.1, 0.15) is 5.82 Å². The Morgan fingerprint density at radius 3 is 2.84 bits per heavy atom. The summed E-state index contributed by atoms with van der Waals surface area (Å²) in [4.78, 5) is 0. The second-order valence-electron chi connectivity index (χ2n) is 4.60. The van der Waals surface area contributed by atoms with Crippen LogP contribution in [0.2, 0.25) is 5.02 Å². The normalized spacial score (nSPS) is 12.6. The van der Waals surface area contributed by atoms with E-state index in [4.69, 9.17) is 11.6 Å². The quantitative estimate of drug-likeness (QED) is 0.838. The molecule has 1 aromatic carbocycles. The van der Waals surface area contributed by atoms with Gasteiger partial charge in [0, 0.05) is 11.1 Å². The topological polar surface area (TPSA) is 12.0 Å². The lowest BCUT2D eigenvalue weighted by Crippen LogP contribution is -2.28. The first-order chi connectivity index (χ1) is 9.19. The van der Waals surface area contributed by atoms with Crippen LogP contribution in [0.3, 0.4) is 0 Å². The molecule has 0 aliphatic carbocycles. The number of nitrogens with one attached hydrogen (secondary N) is 1. The molecule has 0 aliphatic heterocycles. The highest BCUT2D eigenvalue weighted by atomic mass is 35.5. The van der Waals surface area contributed by atoms with Crippen LogP contribution in [0.1, 0.15) is 17.5 Å². The summed E-state index contributed by atoms with van der Waals surface area (Å²) >= 11 is 7.79. The van der Waals surface area contributed by atoms with Crippen LogP contribution in [0.25, 0.3) is 0 Å². The van der Waals surface area contributed by atoms with Gasteiger partial charge in [0.05, 0.1) is 0 Å². The number of aryl methyl sites for hydroxylation is 1. The first-order valence-corrected chi connectivity index (χ1v) is 7.63. The number of rotatable bonds is 6. The molecule has 1 N–H and O–H groups in total. The van der Waals surface area contributed by atoms with Crippen LogP contribution in [-0.4, -0.2) is 13.1 Å². The number of benzene rings is 1. The average Bonchev–Trinajstić information content (AvgIpc) is 2.90. The summed E-state index contributed by atoms with van der Waals surface area (Å²) in [6.45, 7) is 0. The minimum absolute atomic E-state index is 0.284. The Labute approximate surface area is 122 Å². The van der Waals surface area contributed by atoms with Crippen molar-refractivity contribution in [2.24, 2.45) is 0 Å². The highest BCUT2D eigenvalue weighted by molar-refractivity contribution is 7.07. The van der Waals surface area contributed by atoms with E-state index in [0.29, 0.717) is 11.1 Å². The van der Waals surface area contributed by atoms with Crippen molar-refractivity contribution in [1.29, 1.82) is 0 Å². The minimum atomic E-state index is -0.284. The second kappa shape index (κ2) is 7.04. The Morgan fingerprint density at radius 1 is 1.37 bits per heavy atom. The van der Waals surface area contributed by atoms with Crippen molar-refractivity contribution in [2.75, 3.05) is 7.05 Å². The standard InChI is InChI=1S/C15H17ClFNS/c1-18-14(5-2-11-6-7-19-10-11)8-12-3-4-13(17)9-15(12)16/h3-4,6-7,9-10,14,18H,2,5,8H2,1H3. The zero-order valence-electron chi connectivity index (χ0n) is 10.8. The van der Waals surface area contributed by atoms with Crippen molar-refractivity contribution in [1.82, 2.24) is 5.32 Å². The predicted molar refractivity (Wildman–Crippen MR) is 80.6 cm³/mol. The number of hydrogen-bond donors (Lipinski definition) is 1. The zero-order valence-corrected chi connectivity index (χ0v) is 12.4. The molecular formula is C15H17ClFNS. The third kappa shape index (κ3) is 4.30. The van der Waals surface area contributed by atoms with Gasteiger partial charge in [0.25, 0.3) is 0 Å². The lowest BCUT2D eigenvalue weighted by molar-refractivity contribution is 0.520. The zero-order chi connectivity index (χ0) is 13.7. The van der Waals surface area contributed by atoms with Gasteiger partial charge in [0.2, 0.25) is 0 Å². The van der Waals surface area contributed by atoms with E-state index in [-0.39, 0.29) is 5.82 Å². The molecule has 0 spiro atoms. The van der Waals surface area contributed by atoms with E-state index in [1.807, 2.05) is 7.05 Å². The first-order valence-electron chi connectivity index (χ1n) is 6.31. The van der Waals surface area contributed by atoms with E-state index in [0.717, 1.165) is 24.8 Å². The Bertz CT molecular complexity index is 513. The van der Waals surface area contributed by atoms with Crippen LogP contribution in [0.5, 0.6) is 0 Å². The summed E-state index contributed by atoms with van der Waals surface area (Å²) in [5, 5.41) is 8.09. The molecule has 1 nitrogen and oxygen atoms in total. The Morgan fingerprint density at radius 2 is 2.21 bits per heavy atom. The van der Waals surface area contributed by atoms with Crippen LogP contribution in [0.15, 0.2) is 35.0 Å². The Balaban J connectivity index is 1.94. The van der Waals surface area contributed by atoms with Gasteiger partial charge in [-0.2, -0.15) is 11.3 Å². The molecule has 1 heterocycles. The second-order valence-corrected chi connectivity index (χ2v) is 5.78. The minimum Gasteiger partial charge on any atom is -0.317 e. The summed E-state index contributed by atoms with van der Waals surface area (Å²) in [5.41, 5.74) is 2.36. The van der Waals surface area contributed by atoms with E-state index >= 15 is 0 Å². The molecule has 19 heavy (non-hydrogen) atoms. The van der Waals surface area contributed by atoms with Gasteiger partial charge >= 0.3 is 0 Å². The van der Waals surface area contributed by atoms with Crippen LogP contribution in [-0.2, 0) is 12.8 Å². The smallest absolute Gasteiger partial charge is 0.124 e.